The number of hydrogen-bond donors (Lipinski definition) is 1. The van der Waals surface area contributed by atoms with E-state index in [1.807, 2.05) is 21.1 Å². The quantitative estimate of drug-likeness (QED) is 0.0307. The zero-order valence-corrected chi connectivity index (χ0v) is 32.0. The number of quaternary nitrogens is 1. The molecule has 0 aliphatic carbocycles. The third-order valence-corrected chi connectivity index (χ3v) is 8.91. The molecule has 0 saturated carbocycles. The number of esters is 2. The molecule has 0 bridgehead atoms. The highest BCUT2D eigenvalue weighted by atomic mass is 16.6. The predicted molar refractivity (Wildman–Crippen MR) is 197 cm³/mol. The molecule has 0 fully saturated rings. The number of allylic oxidation sites excluding steroid dienone is 2. The zero-order valence-electron chi connectivity index (χ0n) is 32.0. The van der Waals surface area contributed by atoms with Gasteiger partial charge in [-0.1, -0.05) is 129 Å². The minimum atomic E-state index is -0.875. The van der Waals surface area contributed by atoms with Crippen molar-refractivity contribution in [2.24, 2.45) is 0 Å². The van der Waals surface area contributed by atoms with Crippen LogP contribution in [0, 0.1) is 0 Å². The van der Waals surface area contributed by atoms with Gasteiger partial charge in [-0.25, -0.2) is 4.79 Å². The Kier molecular flexibility index (Phi) is 31.0. The van der Waals surface area contributed by atoms with Gasteiger partial charge >= 0.3 is 17.9 Å². The van der Waals surface area contributed by atoms with Gasteiger partial charge in [-0.3, -0.25) is 9.59 Å². The number of aliphatic carboxylic acids is 1. The molecule has 2 unspecified atom stereocenters. The number of rotatable bonds is 35. The number of likely N-dealkylation sites (N-methyl/N-ethyl adjacent to an activating group) is 1. The fourth-order valence-corrected chi connectivity index (χ4v) is 5.79. The van der Waals surface area contributed by atoms with Crippen molar-refractivity contribution in [3.8, 4) is 0 Å². The van der Waals surface area contributed by atoms with Crippen LogP contribution in [0.15, 0.2) is 12.2 Å². The van der Waals surface area contributed by atoms with Gasteiger partial charge in [-0.15, -0.1) is 0 Å². The maximum atomic E-state index is 12.5. The second kappa shape index (κ2) is 32.3. The lowest BCUT2D eigenvalue weighted by Gasteiger charge is -2.31. The van der Waals surface area contributed by atoms with E-state index in [9.17, 15) is 19.5 Å². The van der Waals surface area contributed by atoms with Crippen LogP contribution >= 0.6 is 0 Å². The Balaban J connectivity index is 4.26. The van der Waals surface area contributed by atoms with Gasteiger partial charge in [-0.05, 0) is 38.5 Å². The maximum absolute atomic E-state index is 12.5. The lowest BCUT2D eigenvalue weighted by molar-refractivity contribution is -0.887. The van der Waals surface area contributed by atoms with Crippen LogP contribution in [0.25, 0.3) is 0 Å². The second-order valence-electron chi connectivity index (χ2n) is 14.5. The molecule has 0 radical (unpaired) electrons. The smallest absolute Gasteiger partial charge is 0.362 e. The van der Waals surface area contributed by atoms with E-state index < -0.39 is 18.1 Å². The van der Waals surface area contributed by atoms with Gasteiger partial charge in [0.25, 0.3) is 0 Å². The number of carboxylic acids is 1. The first kappa shape index (κ1) is 46.1. The number of ether oxygens (including phenoxy) is 3. The average Bonchev–Trinajstić information content (AvgIpc) is 3.03. The Labute approximate surface area is 295 Å². The van der Waals surface area contributed by atoms with E-state index in [-0.39, 0.29) is 36.2 Å². The SMILES string of the molecule is CCCCCCCC/C=C/CCCCCCCCCC(=O)OCC(COCCC(C(=O)O)[N+](C)(C)C)OC(=O)CCCCCCCCC. The number of carboxylic acid groups (broad SMARTS) is 1. The highest BCUT2D eigenvalue weighted by molar-refractivity contribution is 5.72. The van der Waals surface area contributed by atoms with E-state index in [0.29, 0.717) is 19.3 Å². The molecule has 1 N–H and O–H groups in total. The highest BCUT2D eigenvalue weighted by Crippen LogP contribution is 2.14. The number of nitrogens with zero attached hydrogens (tertiary/aromatic N) is 1. The summed E-state index contributed by atoms with van der Waals surface area (Å²) in [7, 11) is 5.51. The summed E-state index contributed by atoms with van der Waals surface area (Å²) in [6.07, 6.45) is 31.2. The molecule has 48 heavy (non-hydrogen) atoms. The topological polar surface area (TPSA) is 99.1 Å². The van der Waals surface area contributed by atoms with Crippen molar-refractivity contribution >= 4 is 17.9 Å². The summed E-state index contributed by atoms with van der Waals surface area (Å²) in [6, 6.07) is -0.608. The van der Waals surface area contributed by atoms with Crippen molar-refractivity contribution in [3.63, 3.8) is 0 Å². The summed E-state index contributed by atoms with van der Waals surface area (Å²) in [5, 5.41) is 9.56. The van der Waals surface area contributed by atoms with Crippen LogP contribution in [0.5, 0.6) is 0 Å². The Morgan fingerprint density at radius 2 is 1.04 bits per heavy atom. The Morgan fingerprint density at radius 1 is 0.604 bits per heavy atom. The molecule has 0 saturated heterocycles. The van der Waals surface area contributed by atoms with Crippen molar-refractivity contribution < 1.29 is 38.2 Å². The van der Waals surface area contributed by atoms with E-state index in [2.05, 4.69) is 26.0 Å². The molecule has 0 aromatic carbocycles. The first-order valence-electron chi connectivity index (χ1n) is 19.7. The molecule has 0 aromatic rings. The molecule has 0 aromatic heterocycles. The van der Waals surface area contributed by atoms with Crippen LogP contribution in [-0.4, -0.2) is 80.6 Å². The summed E-state index contributed by atoms with van der Waals surface area (Å²) in [4.78, 5) is 36.6. The van der Waals surface area contributed by atoms with E-state index in [0.717, 1.165) is 38.5 Å². The maximum Gasteiger partial charge on any atom is 0.362 e. The minimum Gasteiger partial charge on any atom is -0.477 e. The lowest BCUT2D eigenvalue weighted by Crippen LogP contribution is -2.50. The average molecular weight is 683 g/mol. The van der Waals surface area contributed by atoms with Gasteiger partial charge in [0.2, 0.25) is 0 Å². The van der Waals surface area contributed by atoms with Crippen molar-refractivity contribution in [3.05, 3.63) is 12.2 Å². The Hall–Kier alpha value is -1.93. The molecule has 0 spiro atoms. The lowest BCUT2D eigenvalue weighted by atomic mass is 10.1. The molecule has 8 heteroatoms. The third-order valence-electron chi connectivity index (χ3n) is 8.91. The minimum absolute atomic E-state index is 0.0489. The molecule has 2 atom stereocenters. The monoisotopic (exact) mass is 683 g/mol. The molecule has 0 amide bonds. The van der Waals surface area contributed by atoms with E-state index >= 15 is 0 Å². The molecule has 0 aliphatic heterocycles. The number of carbonyl (C=O) groups excluding carboxylic acids is 2. The number of hydrogen-bond acceptors (Lipinski definition) is 6. The highest BCUT2D eigenvalue weighted by Gasteiger charge is 2.31. The van der Waals surface area contributed by atoms with Crippen LogP contribution < -0.4 is 0 Å². The number of carbonyl (C=O) groups is 3. The normalized spacial score (nSPS) is 13.1. The first-order valence-corrected chi connectivity index (χ1v) is 19.7. The zero-order chi connectivity index (χ0) is 35.7. The summed E-state index contributed by atoms with van der Waals surface area (Å²) in [5.74, 6) is -1.47. The van der Waals surface area contributed by atoms with Gasteiger partial charge in [-0.2, -0.15) is 0 Å². The van der Waals surface area contributed by atoms with Crippen molar-refractivity contribution in [2.45, 2.75) is 187 Å². The fourth-order valence-electron chi connectivity index (χ4n) is 5.79. The predicted octanol–water partition coefficient (Wildman–Crippen LogP) is 9.97. The van der Waals surface area contributed by atoms with Crippen LogP contribution in [0.4, 0.5) is 0 Å². The molecule has 0 rings (SSSR count). The molecule has 0 aliphatic rings. The largest absolute Gasteiger partial charge is 0.477 e. The van der Waals surface area contributed by atoms with Gasteiger partial charge in [0, 0.05) is 19.3 Å². The molecule has 0 heterocycles. The van der Waals surface area contributed by atoms with Crippen molar-refractivity contribution in [2.75, 3.05) is 41.0 Å². The standard InChI is InChI=1S/C40H75NO7/c1-6-8-10-12-14-15-16-17-18-19-20-21-22-23-25-26-28-30-38(42)47-35-36(34-46-33-32-37(40(44)45)41(3,4)5)48-39(43)31-29-27-24-13-11-9-7-2/h17-18,36-37H,6-16,19-35H2,1-5H3/p+1/b18-17+. The van der Waals surface area contributed by atoms with Gasteiger partial charge in [0.05, 0.1) is 34.4 Å². The summed E-state index contributed by atoms with van der Waals surface area (Å²) < 4.78 is 17.1. The summed E-state index contributed by atoms with van der Waals surface area (Å²) in [6.45, 7) is 4.68. The van der Waals surface area contributed by atoms with Gasteiger partial charge in [0.1, 0.15) is 6.61 Å². The van der Waals surface area contributed by atoms with Gasteiger partial charge in [0.15, 0.2) is 12.1 Å². The summed E-state index contributed by atoms with van der Waals surface area (Å²) >= 11 is 0. The Morgan fingerprint density at radius 3 is 1.50 bits per heavy atom. The van der Waals surface area contributed by atoms with E-state index in [4.69, 9.17) is 14.2 Å². The molecular formula is C40H76NO7+. The third kappa shape index (κ3) is 30.2. The summed E-state index contributed by atoms with van der Waals surface area (Å²) in [5.41, 5.74) is 0. The van der Waals surface area contributed by atoms with Crippen LogP contribution in [-0.2, 0) is 28.6 Å². The van der Waals surface area contributed by atoms with E-state index in [1.54, 1.807) is 0 Å². The molecule has 8 nitrogen and oxygen atoms in total. The number of unbranched alkanes of at least 4 members (excludes halogenated alkanes) is 19. The molecule has 282 valence electrons. The van der Waals surface area contributed by atoms with Crippen LogP contribution in [0.1, 0.15) is 174 Å². The fraction of sp³-hybridized carbons (Fsp3) is 0.875. The van der Waals surface area contributed by atoms with Crippen LogP contribution in [0.3, 0.4) is 0 Å². The van der Waals surface area contributed by atoms with Gasteiger partial charge < -0.3 is 23.8 Å². The van der Waals surface area contributed by atoms with E-state index in [1.165, 1.54) is 103 Å². The Bertz CT molecular complexity index is 808. The molecular weight excluding hydrogens is 606 g/mol. The van der Waals surface area contributed by atoms with Crippen molar-refractivity contribution in [1.29, 1.82) is 0 Å². The first-order chi connectivity index (χ1) is 23.1. The van der Waals surface area contributed by atoms with Crippen LogP contribution in [0.2, 0.25) is 0 Å². The second-order valence-corrected chi connectivity index (χ2v) is 14.5. The van der Waals surface area contributed by atoms with Crippen molar-refractivity contribution in [1.82, 2.24) is 0 Å².